The molecule has 1 aliphatic heterocycles. The first kappa shape index (κ1) is 13.5. The van der Waals surface area contributed by atoms with Crippen molar-refractivity contribution in [3.05, 3.63) is 42.3 Å². The minimum Gasteiger partial charge on any atom is -0.462 e. The van der Waals surface area contributed by atoms with Gasteiger partial charge in [0, 0.05) is 6.42 Å². The predicted molar refractivity (Wildman–Crippen MR) is 68.8 cm³/mol. The van der Waals surface area contributed by atoms with Gasteiger partial charge in [-0.2, -0.15) is 0 Å². The van der Waals surface area contributed by atoms with E-state index < -0.39 is 0 Å². The third-order valence-corrected chi connectivity index (χ3v) is 3.04. The van der Waals surface area contributed by atoms with Crippen LogP contribution in [-0.4, -0.2) is 18.5 Å². The highest BCUT2D eigenvalue weighted by atomic mass is 16.5. The molecule has 1 aliphatic rings. The average molecular weight is 261 g/mol. The Balaban J connectivity index is 1.73. The minimum atomic E-state index is -0.237. The van der Waals surface area contributed by atoms with Gasteiger partial charge in [0.05, 0.1) is 19.4 Å². The second kappa shape index (κ2) is 6.83. The molecule has 1 aromatic rings. The molecule has 19 heavy (non-hydrogen) atoms. The van der Waals surface area contributed by atoms with Crippen molar-refractivity contribution in [1.29, 1.82) is 0 Å². The van der Waals surface area contributed by atoms with Crippen LogP contribution in [-0.2, 0) is 25.7 Å². The Morgan fingerprint density at radius 2 is 2.16 bits per heavy atom. The molecular formula is C15H17O4+. The zero-order valence-corrected chi connectivity index (χ0v) is 10.7. The van der Waals surface area contributed by atoms with E-state index in [0.717, 1.165) is 5.56 Å². The molecule has 0 amide bonds. The molecule has 1 aromatic carbocycles. The fraction of sp³-hybridized carbons (Fsp3) is 0.400. The van der Waals surface area contributed by atoms with Crippen LogP contribution in [0.3, 0.4) is 0 Å². The molecule has 0 N–H and O–H groups in total. The number of benzene rings is 1. The second-order valence-electron chi connectivity index (χ2n) is 4.56. The lowest BCUT2D eigenvalue weighted by Crippen LogP contribution is -2.12. The van der Waals surface area contributed by atoms with E-state index in [1.165, 1.54) is 0 Å². The summed E-state index contributed by atoms with van der Waals surface area (Å²) in [4.78, 5) is 22.8. The van der Waals surface area contributed by atoms with E-state index in [9.17, 15) is 9.59 Å². The number of hydrogen-bond acceptors (Lipinski definition) is 4. The molecule has 0 aliphatic carbocycles. The highest BCUT2D eigenvalue weighted by Gasteiger charge is 2.28. The topological polar surface area (TPSA) is 52.6 Å². The molecule has 0 aromatic heterocycles. The zero-order valence-electron chi connectivity index (χ0n) is 10.7. The van der Waals surface area contributed by atoms with Crippen LogP contribution in [0.4, 0.5) is 0 Å². The van der Waals surface area contributed by atoms with Gasteiger partial charge in [-0.05, 0) is 5.56 Å². The monoisotopic (exact) mass is 261 g/mol. The van der Waals surface area contributed by atoms with Crippen LogP contribution in [0.1, 0.15) is 24.8 Å². The maximum absolute atomic E-state index is 11.7. The molecule has 1 unspecified atom stereocenters. The smallest absolute Gasteiger partial charge is 0.351 e. The van der Waals surface area contributed by atoms with E-state index in [1.807, 2.05) is 36.8 Å². The van der Waals surface area contributed by atoms with E-state index in [1.54, 1.807) is 0 Å². The lowest BCUT2D eigenvalue weighted by molar-refractivity contribution is -0.145. The van der Waals surface area contributed by atoms with Crippen LogP contribution in [0.5, 0.6) is 0 Å². The zero-order chi connectivity index (χ0) is 13.5. The molecule has 4 heteroatoms. The van der Waals surface area contributed by atoms with E-state index in [2.05, 4.69) is 0 Å². The van der Waals surface area contributed by atoms with Gasteiger partial charge >= 0.3 is 11.9 Å². The van der Waals surface area contributed by atoms with Crippen molar-refractivity contribution in [2.24, 2.45) is 5.92 Å². The molecule has 0 radical (unpaired) electrons. The van der Waals surface area contributed by atoms with Gasteiger partial charge < -0.3 is 9.47 Å². The molecule has 4 nitrogen and oxygen atoms in total. The Morgan fingerprint density at radius 3 is 2.95 bits per heavy atom. The maximum Gasteiger partial charge on any atom is 0.351 e. The van der Waals surface area contributed by atoms with Gasteiger partial charge in [-0.15, -0.1) is 0 Å². The van der Waals surface area contributed by atoms with E-state index in [-0.39, 0.29) is 24.3 Å². The molecule has 2 rings (SSSR count). The lowest BCUT2D eigenvalue weighted by atomic mass is 9.97. The number of cyclic esters (lactones) is 1. The normalized spacial score (nSPS) is 18.9. The van der Waals surface area contributed by atoms with Crippen LogP contribution >= 0.6 is 0 Å². The molecule has 1 saturated heterocycles. The van der Waals surface area contributed by atoms with Crippen molar-refractivity contribution in [3.63, 3.8) is 0 Å². The average Bonchev–Trinajstić information content (AvgIpc) is 2.63. The summed E-state index contributed by atoms with van der Waals surface area (Å²) in [5.41, 5.74) is 0.971. The van der Waals surface area contributed by atoms with Crippen molar-refractivity contribution in [3.8, 4) is 0 Å². The third kappa shape index (κ3) is 4.66. The summed E-state index contributed by atoms with van der Waals surface area (Å²) in [5, 5.41) is 0. The van der Waals surface area contributed by atoms with Gasteiger partial charge in [0.15, 0.2) is 6.42 Å². The van der Waals surface area contributed by atoms with Gasteiger partial charge in [0.1, 0.15) is 12.5 Å². The number of hydrogen-bond donors (Lipinski definition) is 0. The van der Waals surface area contributed by atoms with Crippen molar-refractivity contribution < 1.29 is 19.1 Å². The standard InChI is InChI=1S/C15H17O4/c16-14-7-6-12(8-9-18-14)10-15(17)19-11-13-4-2-1-3-5-13/h1-6,12H,7-11H2/q+1. The fourth-order valence-electron chi connectivity index (χ4n) is 1.96. The van der Waals surface area contributed by atoms with Crippen LogP contribution in [0.25, 0.3) is 0 Å². The molecule has 0 bridgehead atoms. The van der Waals surface area contributed by atoms with Crippen molar-refractivity contribution in [2.45, 2.75) is 25.9 Å². The Labute approximate surface area is 112 Å². The third-order valence-electron chi connectivity index (χ3n) is 3.04. The highest BCUT2D eigenvalue weighted by molar-refractivity contribution is 5.72. The summed E-state index contributed by atoms with van der Waals surface area (Å²) in [7, 11) is 0. The number of carbonyl (C=O) groups is 2. The van der Waals surface area contributed by atoms with Gasteiger partial charge in [-0.3, -0.25) is 4.79 Å². The summed E-state index contributed by atoms with van der Waals surface area (Å²) in [5.74, 6) is -0.394. The van der Waals surface area contributed by atoms with Crippen LogP contribution in [0.2, 0.25) is 0 Å². The fourth-order valence-corrected chi connectivity index (χ4v) is 1.96. The van der Waals surface area contributed by atoms with Gasteiger partial charge in [-0.1, -0.05) is 30.3 Å². The molecule has 0 saturated carbocycles. The number of carbonyl (C=O) groups excluding carboxylic acids is 2. The first-order valence-corrected chi connectivity index (χ1v) is 6.42. The molecular weight excluding hydrogens is 244 g/mol. The largest absolute Gasteiger partial charge is 0.462 e. The number of ether oxygens (including phenoxy) is 2. The van der Waals surface area contributed by atoms with E-state index in [4.69, 9.17) is 9.47 Å². The number of esters is 2. The minimum absolute atomic E-state index is 0.0646. The molecule has 100 valence electrons. The Hall–Kier alpha value is -1.97. The van der Waals surface area contributed by atoms with Gasteiger partial charge in [0.25, 0.3) is 0 Å². The SMILES string of the molecule is O=C1C[CH+]C(CC(=O)OCc2ccccc2)CCO1. The Morgan fingerprint density at radius 1 is 1.37 bits per heavy atom. The molecule has 1 fully saturated rings. The summed E-state index contributed by atoms with van der Waals surface area (Å²) in [6, 6.07) is 9.56. The van der Waals surface area contributed by atoms with E-state index >= 15 is 0 Å². The predicted octanol–water partition coefficient (Wildman–Crippen LogP) is 2.28. The summed E-state index contributed by atoms with van der Waals surface area (Å²) in [6.45, 7) is 0.674. The van der Waals surface area contributed by atoms with Crippen molar-refractivity contribution in [1.82, 2.24) is 0 Å². The molecule has 0 spiro atoms. The van der Waals surface area contributed by atoms with Gasteiger partial charge in [0.2, 0.25) is 0 Å². The van der Waals surface area contributed by atoms with E-state index in [0.29, 0.717) is 26.1 Å². The maximum atomic E-state index is 11.7. The van der Waals surface area contributed by atoms with Crippen LogP contribution in [0, 0.1) is 12.3 Å². The molecule has 1 heterocycles. The first-order valence-electron chi connectivity index (χ1n) is 6.42. The molecule has 1 atom stereocenters. The Kier molecular flexibility index (Phi) is 4.84. The Bertz CT molecular complexity index is 427. The van der Waals surface area contributed by atoms with Crippen molar-refractivity contribution in [2.75, 3.05) is 6.61 Å². The summed E-state index contributed by atoms with van der Waals surface area (Å²) in [6.07, 6.45) is 3.12. The summed E-state index contributed by atoms with van der Waals surface area (Å²) < 4.78 is 10.1. The van der Waals surface area contributed by atoms with Crippen LogP contribution < -0.4 is 0 Å². The lowest BCUT2D eigenvalue weighted by Gasteiger charge is -2.07. The quantitative estimate of drug-likeness (QED) is 0.616. The highest BCUT2D eigenvalue weighted by Crippen LogP contribution is 2.19. The van der Waals surface area contributed by atoms with Crippen LogP contribution in [0.15, 0.2) is 30.3 Å². The summed E-state index contributed by atoms with van der Waals surface area (Å²) >= 11 is 0. The van der Waals surface area contributed by atoms with Crippen molar-refractivity contribution >= 4 is 11.9 Å². The first-order chi connectivity index (χ1) is 9.24. The second-order valence-corrected chi connectivity index (χ2v) is 4.56. The van der Waals surface area contributed by atoms with Gasteiger partial charge in [-0.25, -0.2) is 4.79 Å². The number of rotatable bonds is 4.